The average Bonchev–Trinajstić information content (AvgIpc) is 2.72. The molecule has 3 fully saturated rings. The van der Waals surface area contributed by atoms with Gasteiger partial charge in [-0.1, -0.05) is 18.2 Å². The smallest absolute Gasteiger partial charge is 0.410 e. The van der Waals surface area contributed by atoms with Crippen LogP contribution < -0.4 is 4.72 Å². The van der Waals surface area contributed by atoms with Crippen LogP contribution in [0.25, 0.3) is 11.1 Å². The average molecular weight is 529 g/mol. The van der Waals surface area contributed by atoms with Gasteiger partial charge in [-0.2, -0.15) is 0 Å². The summed E-state index contributed by atoms with van der Waals surface area (Å²) in [5.74, 6) is -2.64. The number of nitrogens with zero attached hydrogens (tertiary/aromatic N) is 1. The van der Waals surface area contributed by atoms with Gasteiger partial charge in [-0.25, -0.2) is 35.5 Å². The molecule has 11 heteroatoms. The van der Waals surface area contributed by atoms with Crippen LogP contribution in [0.2, 0.25) is 0 Å². The Labute approximate surface area is 207 Å². The molecule has 1 aliphatic carbocycles. The number of piperidine rings is 2. The van der Waals surface area contributed by atoms with Crippen molar-refractivity contribution in [1.82, 2.24) is 9.62 Å². The minimum atomic E-state index is -4.28. The Morgan fingerprint density at radius 1 is 1.11 bits per heavy atom. The molecule has 6 nitrogen and oxygen atoms in total. The summed E-state index contributed by atoms with van der Waals surface area (Å²) in [6.45, 7) is 5.08. The van der Waals surface area contributed by atoms with E-state index < -0.39 is 57.3 Å². The lowest BCUT2D eigenvalue weighted by atomic mass is 9.67. The van der Waals surface area contributed by atoms with E-state index in [0.29, 0.717) is 18.9 Å². The SMILES string of the molecule is CC(C)(C)OC(=O)N1C2CC(C2)C(NS(=O)(=O)CF)C1Cc1cccc(-c2cc(F)cc(F)c2)c1F. The van der Waals surface area contributed by atoms with Crippen molar-refractivity contribution in [1.29, 1.82) is 0 Å². The van der Waals surface area contributed by atoms with Crippen LogP contribution in [0, 0.1) is 23.4 Å². The number of fused-ring (bicyclic) bond motifs is 2. The first-order chi connectivity index (χ1) is 16.8. The Bertz CT molecular complexity index is 1240. The standard InChI is InChI=1S/C25H28F4N2O4S/c1-25(2,3)35-24(32)31-19-9-16(10-19)23(30-36(33,34)13-26)21(31)11-14-5-4-6-20(22(14)29)15-7-17(27)12-18(28)8-15/h4-8,12,16,19,21,23,30H,9-11,13H2,1-3H3. The third-order valence-corrected chi connectivity index (χ3v) is 7.49. The summed E-state index contributed by atoms with van der Waals surface area (Å²) in [5, 5.41) is 0. The lowest BCUT2D eigenvalue weighted by molar-refractivity contribution is -0.0652. The molecule has 1 saturated carbocycles. The van der Waals surface area contributed by atoms with E-state index in [4.69, 9.17) is 4.74 Å². The number of rotatable bonds is 6. The third-order valence-electron chi connectivity index (χ3n) is 6.57. The van der Waals surface area contributed by atoms with E-state index in [-0.39, 0.29) is 35.1 Å². The van der Waals surface area contributed by atoms with Crippen LogP contribution in [-0.2, 0) is 21.2 Å². The van der Waals surface area contributed by atoms with Gasteiger partial charge in [0, 0.05) is 23.7 Å². The van der Waals surface area contributed by atoms with Crippen molar-refractivity contribution < 1.29 is 35.5 Å². The molecule has 0 aromatic heterocycles. The third kappa shape index (κ3) is 5.51. The predicted octanol–water partition coefficient (Wildman–Crippen LogP) is 4.93. The molecule has 1 N–H and O–H groups in total. The predicted molar refractivity (Wildman–Crippen MR) is 126 cm³/mol. The van der Waals surface area contributed by atoms with Crippen LogP contribution in [0.3, 0.4) is 0 Å². The fourth-order valence-electron chi connectivity index (χ4n) is 5.04. The maximum Gasteiger partial charge on any atom is 0.410 e. The van der Waals surface area contributed by atoms with E-state index in [2.05, 4.69) is 4.72 Å². The highest BCUT2D eigenvalue weighted by Gasteiger charge is 2.54. The summed E-state index contributed by atoms with van der Waals surface area (Å²) in [5.41, 5.74) is -0.766. The van der Waals surface area contributed by atoms with E-state index in [1.807, 2.05) is 0 Å². The van der Waals surface area contributed by atoms with Gasteiger partial charge in [-0.3, -0.25) is 0 Å². The molecule has 2 atom stereocenters. The zero-order valence-corrected chi connectivity index (χ0v) is 20.9. The van der Waals surface area contributed by atoms with E-state index in [1.54, 1.807) is 20.8 Å². The van der Waals surface area contributed by atoms with Gasteiger partial charge in [-0.15, -0.1) is 0 Å². The largest absolute Gasteiger partial charge is 0.444 e. The molecule has 196 valence electrons. The molecule has 3 aliphatic rings. The van der Waals surface area contributed by atoms with Gasteiger partial charge in [0.2, 0.25) is 16.0 Å². The van der Waals surface area contributed by atoms with Crippen LogP contribution in [0.1, 0.15) is 39.2 Å². The van der Waals surface area contributed by atoms with Crippen LogP contribution in [-0.4, -0.2) is 49.1 Å². The molecular weight excluding hydrogens is 500 g/mol. The maximum absolute atomic E-state index is 15.6. The molecule has 2 unspecified atom stereocenters. The highest BCUT2D eigenvalue weighted by molar-refractivity contribution is 7.89. The number of carbonyl (C=O) groups excluding carboxylic acids is 1. The molecule has 2 saturated heterocycles. The van der Waals surface area contributed by atoms with Gasteiger partial charge in [-0.05, 0) is 69.2 Å². The Kier molecular flexibility index (Phi) is 7.09. The number of hydrogen-bond acceptors (Lipinski definition) is 4. The minimum absolute atomic E-state index is 0.00276. The second-order valence-electron chi connectivity index (χ2n) is 10.3. The Morgan fingerprint density at radius 2 is 1.75 bits per heavy atom. The van der Waals surface area contributed by atoms with Crippen molar-refractivity contribution >= 4 is 16.1 Å². The molecule has 2 aromatic rings. The van der Waals surface area contributed by atoms with Crippen LogP contribution >= 0.6 is 0 Å². The van der Waals surface area contributed by atoms with Gasteiger partial charge in [0.05, 0.1) is 6.04 Å². The first kappa shape index (κ1) is 26.4. The summed E-state index contributed by atoms with van der Waals surface area (Å²) in [7, 11) is -4.28. The number of carbonyl (C=O) groups is 1. The van der Waals surface area contributed by atoms with Gasteiger partial charge >= 0.3 is 6.09 Å². The topological polar surface area (TPSA) is 75.7 Å². The molecule has 2 bridgehead atoms. The van der Waals surface area contributed by atoms with Crippen LogP contribution in [0.15, 0.2) is 36.4 Å². The highest BCUT2D eigenvalue weighted by atomic mass is 32.2. The van der Waals surface area contributed by atoms with E-state index in [1.165, 1.54) is 23.1 Å². The van der Waals surface area contributed by atoms with Gasteiger partial charge in [0.15, 0.2) is 0 Å². The number of nitrogens with one attached hydrogen (secondary N) is 1. The molecule has 1 amide bonds. The summed E-state index contributed by atoms with van der Waals surface area (Å²) in [4.78, 5) is 14.6. The second-order valence-corrected chi connectivity index (χ2v) is 12.0. The van der Waals surface area contributed by atoms with E-state index >= 15 is 4.39 Å². The summed E-state index contributed by atoms with van der Waals surface area (Å²) >= 11 is 0. The quantitative estimate of drug-likeness (QED) is 0.540. The van der Waals surface area contributed by atoms with Crippen molar-refractivity contribution in [2.24, 2.45) is 5.92 Å². The Morgan fingerprint density at radius 3 is 2.33 bits per heavy atom. The van der Waals surface area contributed by atoms with Crippen molar-refractivity contribution in [2.75, 3.05) is 6.01 Å². The van der Waals surface area contributed by atoms with Gasteiger partial charge < -0.3 is 9.64 Å². The molecule has 2 aliphatic heterocycles. The maximum atomic E-state index is 15.6. The van der Waals surface area contributed by atoms with Gasteiger partial charge in [0.1, 0.15) is 23.1 Å². The normalized spacial score (nSPS) is 23.8. The summed E-state index contributed by atoms with van der Waals surface area (Å²) in [6.07, 6.45) is 0.202. The van der Waals surface area contributed by atoms with Crippen molar-refractivity contribution in [2.45, 2.75) is 63.8 Å². The van der Waals surface area contributed by atoms with E-state index in [0.717, 1.165) is 12.1 Å². The second kappa shape index (κ2) is 9.66. The monoisotopic (exact) mass is 528 g/mol. The van der Waals surface area contributed by atoms with E-state index in [9.17, 15) is 26.4 Å². The minimum Gasteiger partial charge on any atom is -0.444 e. The first-order valence-corrected chi connectivity index (χ1v) is 13.2. The molecule has 2 heterocycles. The number of benzene rings is 2. The Hall–Kier alpha value is -2.66. The Balaban J connectivity index is 1.73. The summed E-state index contributed by atoms with van der Waals surface area (Å²) < 4.78 is 88.6. The fraction of sp³-hybridized carbons (Fsp3) is 0.480. The lowest BCUT2D eigenvalue weighted by Gasteiger charge is -2.57. The number of ether oxygens (including phenoxy) is 1. The summed E-state index contributed by atoms with van der Waals surface area (Å²) in [6, 6.07) is 3.45. The number of alkyl halides is 1. The zero-order chi connectivity index (χ0) is 26.4. The zero-order valence-electron chi connectivity index (χ0n) is 20.1. The fourth-order valence-corrected chi connectivity index (χ4v) is 5.87. The first-order valence-electron chi connectivity index (χ1n) is 11.6. The molecule has 2 aromatic carbocycles. The van der Waals surface area contributed by atoms with Gasteiger partial charge in [0.25, 0.3) is 0 Å². The van der Waals surface area contributed by atoms with Crippen molar-refractivity contribution in [3.8, 4) is 11.1 Å². The number of amides is 1. The molecule has 5 rings (SSSR count). The molecule has 0 radical (unpaired) electrons. The number of sulfonamides is 1. The highest BCUT2D eigenvalue weighted by Crippen LogP contribution is 2.45. The van der Waals surface area contributed by atoms with Crippen LogP contribution in [0.4, 0.5) is 22.4 Å². The lowest BCUT2D eigenvalue weighted by Crippen LogP contribution is -2.70. The van der Waals surface area contributed by atoms with Crippen LogP contribution in [0.5, 0.6) is 0 Å². The molecular formula is C25H28F4N2O4S. The molecule has 0 spiro atoms. The van der Waals surface area contributed by atoms with Crippen molar-refractivity contribution in [3.05, 3.63) is 59.4 Å². The van der Waals surface area contributed by atoms with Crippen molar-refractivity contribution in [3.63, 3.8) is 0 Å². The number of halogens is 4. The number of hydrogen-bond donors (Lipinski definition) is 1. The molecule has 36 heavy (non-hydrogen) atoms.